The fourth-order valence-electron chi connectivity index (χ4n) is 2.41. The molecule has 1 aromatic carbocycles. The van der Waals surface area contributed by atoms with E-state index < -0.39 is 0 Å². The summed E-state index contributed by atoms with van der Waals surface area (Å²) in [5.74, 6) is 1.01. The van der Waals surface area contributed by atoms with Crippen LogP contribution in [0.4, 0.5) is 0 Å². The number of likely N-dealkylation sites (N-methyl/N-ethyl adjacent to an activating group) is 1. The SMILES string of the molecule is CN1CCN(C(=O)c2cccnc2Oc2ccccc2)CC1. The van der Waals surface area contributed by atoms with Gasteiger partial charge in [-0.3, -0.25) is 4.79 Å². The molecule has 3 rings (SSSR count). The largest absolute Gasteiger partial charge is 0.438 e. The highest BCUT2D eigenvalue weighted by molar-refractivity contribution is 5.96. The zero-order chi connectivity index (χ0) is 15.4. The van der Waals surface area contributed by atoms with Crippen LogP contribution in [0, 0.1) is 0 Å². The van der Waals surface area contributed by atoms with E-state index in [2.05, 4.69) is 16.9 Å². The Hall–Kier alpha value is -2.40. The van der Waals surface area contributed by atoms with Crippen LogP contribution in [0.2, 0.25) is 0 Å². The summed E-state index contributed by atoms with van der Waals surface area (Å²) >= 11 is 0. The van der Waals surface area contributed by atoms with Crippen molar-refractivity contribution in [3.63, 3.8) is 0 Å². The van der Waals surface area contributed by atoms with E-state index in [1.165, 1.54) is 0 Å². The molecular weight excluding hydrogens is 278 g/mol. The lowest BCUT2D eigenvalue weighted by molar-refractivity contribution is 0.0661. The summed E-state index contributed by atoms with van der Waals surface area (Å²) in [6.45, 7) is 3.24. The maximum Gasteiger partial charge on any atom is 0.259 e. The first-order valence-electron chi connectivity index (χ1n) is 7.40. The molecule has 0 unspecified atom stereocenters. The Bertz CT molecular complexity index is 637. The van der Waals surface area contributed by atoms with Gasteiger partial charge in [0.1, 0.15) is 11.3 Å². The van der Waals surface area contributed by atoms with Gasteiger partial charge in [0, 0.05) is 32.4 Å². The predicted molar refractivity (Wildman–Crippen MR) is 84.2 cm³/mol. The lowest BCUT2D eigenvalue weighted by Crippen LogP contribution is -2.47. The third kappa shape index (κ3) is 3.26. The lowest BCUT2D eigenvalue weighted by Gasteiger charge is -2.32. The van der Waals surface area contributed by atoms with Crippen molar-refractivity contribution in [3.05, 3.63) is 54.2 Å². The molecule has 1 aromatic heterocycles. The molecular formula is C17H19N3O2. The number of carbonyl (C=O) groups excluding carboxylic acids is 1. The summed E-state index contributed by atoms with van der Waals surface area (Å²) in [6, 6.07) is 12.9. The van der Waals surface area contributed by atoms with Crippen molar-refractivity contribution in [3.8, 4) is 11.6 Å². The Labute approximate surface area is 130 Å². The number of nitrogens with zero attached hydrogens (tertiary/aromatic N) is 3. The highest BCUT2D eigenvalue weighted by Gasteiger charge is 2.23. The summed E-state index contributed by atoms with van der Waals surface area (Å²) in [5.41, 5.74) is 0.510. The molecule has 114 valence electrons. The predicted octanol–water partition coefficient (Wildman–Crippen LogP) is 2.26. The topological polar surface area (TPSA) is 45.7 Å². The summed E-state index contributed by atoms with van der Waals surface area (Å²) in [4.78, 5) is 21.0. The Morgan fingerprint density at radius 1 is 1.05 bits per heavy atom. The Kier molecular flexibility index (Phi) is 4.34. The van der Waals surface area contributed by atoms with Crippen molar-refractivity contribution in [1.82, 2.24) is 14.8 Å². The van der Waals surface area contributed by atoms with E-state index >= 15 is 0 Å². The van der Waals surface area contributed by atoms with E-state index in [1.807, 2.05) is 35.2 Å². The minimum atomic E-state index is -0.0212. The van der Waals surface area contributed by atoms with Crippen molar-refractivity contribution < 1.29 is 9.53 Å². The molecule has 5 heteroatoms. The standard InChI is InChI=1S/C17H19N3O2/c1-19-10-12-20(13-11-19)17(21)15-8-5-9-18-16(15)22-14-6-3-2-4-7-14/h2-9H,10-13H2,1H3. The first kappa shape index (κ1) is 14.5. The van der Waals surface area contributed by atoms with Crippen LogP contribution in [0.3, 0.4) is 0 Å². The summed E-state index contributed by atoms with van der Waals surface area (Å²) in [5, 5.41) is 0. The molecule has 2 aromatic rings. The first-order chi connectivity index (χ1) is 10.7. The molecule has 22 heavy (non-hydrogen) atoms. The lowest BCUT2D eigenvalue weighted by atomic mass is 10.2. The highest BCUT2D eigenvalue weighted by Crippen LogP contribution is 2.24. The van der Waals surface area contributed by atoms with Crippen LogP contribution in [0.15, 0.2) is 48.7 Å². The van der Waals surface area contributed by atoms with Gasteiger partial charge in [-0.2, -0.15) is 0 Å². The zero-order valence-corrected chi connectivity index (χ0v) is 12.6. The average Bonchev–Trinajstić information content (AvgIpc) is 2.56. The van der Waals surface area contributed by atoms with E-state index in [4.69, 9.17) is 4.74 Å². The van der Waals surface area contributed by atoms with Gasteiger partial charge in [0.2, 0.25) is 5.88 Å². The zero-order valence-electron chi connectivity index (χ0n) is 12.6. The van der Waals surface area contributed by atoms with Crippen molar-refractivity contribution in [2.45, 2.75) is 0 Å². The number of pyridine rings is 1. The Morgan fingerprint density at radius 2 is 1.77 bits per heavy atom. The molecule has 1 aliphatic heterocycles. The quantitative estimate of drug-likeness (QED) is 0.872. The number of carbonyl (C=O) groups is 1. The molecule has 0 atom stereocenters. The molecule has 1 fully saturated rings. The molecule has 2 heterocycles. The van der Waals surface area contributed by atoms with Gasteiger partial charge in [-0.05, 0) is 31.3 Å². The van der Waals surface area contributed by atoms with E-state index in [0.29, 0.717) is 17.2 Å². The van der Waals surface area contributed by atoms with Crippen LogP contribution >= 0.6 is 0 Å². The molecule has 5 nitrogen and oxygen atoms in total. The third-order valence-corrected chi connectivity index (χ3v) is 3.75. The normalized spacial score (nSPS) is 15.6. The van der Waals surface area contributed by atoms with Crippen LogP contribution in [0.25, 0.3) is 0 Å². The number of rotatable bonds is 3. The number of hydrogen-bond acceptors (Lipinski definition) is 4. The van der Waals surface area contributed by atoms with Crippen LogP contribution < -0.4 is 4.74 Å². The van der Waals surface area contributed by atoms with E-state index in [0.717, 1.165) is 26.2 Å². The molecule has 1 saturated heterocycles. The van der Waals surface area contributed by atoms with E-state index in [9.17, 15) is 4.79 Å². The van der Waals surface area contributed by atoms with Gasteiger partial charge >= 0.3 is 0 Å². The van der Waals surface area contributed by atoms with Crippen molar-refractivity contribution in [2.24, 2.45) is 0 Å². The fourth-order valence-corrected chi connectivity index (χ4v) is 2.41. The van der Waals surface area contributed by atoms with Crippen molar-refractivity contribution in [2.75, 3.05) is 33.2 Å². The fraction of sp³-hybridized carbons (Fsp3) is 0.294. The first-order valence-corrected chi connectivity index (χ1v) is 7.40. The van der Waals surface area contributed by atoms with Gasteiger partial charge < -0.3 is 14.5 Å². The van der Waals surface area contributed by atoms with E-state index in [1.54, 1.807) is 18.3 Å². The average molecular weight is 297 g/mol. The monoisotopic (exact) mass is 297 g/mol. The van der Waals surface area contributed by atoms with E-state index in [-0.39, 0.29) is 5.91 Å². The van der Waals surface area contributed by atoms with Gasteiger partial charge in [-0.15, -0.1) is 0 Å². The molecule has 0 aliphatic carbocycles. The Balaban J connectivity index is 1.80. The molecule has 1 amide bonds. The third-order valence-electron chi connectivity index (χ3n) is 3.75. The molecule has 0 bridgehead atoms. The second-order valence-corrected chi connectivity index (χ2v) is 5.37. The number of piperazine rings is 1. The summed E-state index contributed by atoms with van der Waals surface area (Å²) < 4.78 is 5.77. The Morgan fingerprint density at radius 3 is 2.50 bits per heavy atom. The summed E-state index contributed by atoms with van der Waals surface area (Å²) in [6.07, 6.45) is 1.64. The van der Waals surface area contributed by atoms with Crippen LogP contribution in [-0.4, -0.2) is 53.9 Å². The molecule has 1 aliphatic rings. The number of amides is 1. The van der Waals surface area contributed by atoms with Crippen molar-refractivity contribution >= 4 is 5.91 Å². The number of hydrogen-bond donors (Lipinski definition) is 0. The second kappa shape index (κ2) is 6.58. The van der Waals surface area contributed by atoms with Gasteiger partial charge in [0.05, 0.1) is 0 Å². The van der Waals surface area contributed by atoms with Crippen LogP contribution in [0.1, 0.15) is 10.4 Å². The van der Waals surface area contributed by atoms with Gasteiger partial charge in [0.15, 0.2) is 0 Å². The van der Waals surface area contributed by atoms with Crippen molar-refractivity contribution in [1.29, 1.82) is 0 Å². The molecule has 0 spiro atoms. The number of aromatic nitrogens is 1. The smallest absolute Gasteiger partial charge is 0.259 e. The molecule has 0 radical (unpaired) electrons. The molecule has 0 N–H and O–H groups in total. The van der Waals surface area contributed by atoms with Gasteiger partial charge in [-0.1, -0.05) is 18.2 Å². The van der Waals surface area contributed by atoms with Gasteiger partial charge in [0.25, 0.3) is 5.91 Å². The number of benzene rings is 1. The van der Waals surface area contributed by atoms with Crippen LogP contribution in [0.5, 0.6) is 11.6 Å². The number of para-hydroxylation sites is 1. The summed E-state index contributed by atoms with van der Waals surface area (Å²) in [7, 11) is 2.07. The minimum absolute atomic E-state index is 0.0212. The maximum absolute atomic E-state index is 12.7. The van der Waals surface area contributed by atoms with Crippen LogP contribution in [-0.2, 0) is 0 Å². The molecule has 0 saturated carbocycles. The second-order valence-electron chi connectivity index (χ2n) is 5.37. The maximum atomic E-state index is 12.7. The number of ether oxygens (including phenoxy) is 1. The van der Waals surface area contributed by atoms with Gasteiger partial charge in [-0.25, -0.2) is 4.98 Å². The highest BCUT2D eigenvalue weighted by atomic mass is 16.5. The minimum Gasteiger partial charge on any atom is -0.438 e.